The first kappa shape index (κ1) is 14.2. The number of methoxy groups -OCH3 is 2. The van der Waals surface area contributed by atoms with Gasteiger partial charge in [0, 0.05) is 12.1 Å². The lowest BCUT2D eigenvalue weighted by atomic mass is 10.3. The zero-order chi connectivity index (χ0) is 11.4. The van der Waals surface area contributed by atoms with Crippen LogP contribution in [0.15, 0.2) is 12.1 Å². The van der Waals surface area contributed by atoms with E-state index in [-0.39, 0.29) is 29.5 Å². The summed E-state index contributed by atoms with van der Waals surface area (Å²) >= 11 is 0. The zero-order valence-electron chi connectivity index (χ0n) is 8.59. The quantitative estimate of drug-likeness (QED) is 0.778. The van der Waals surface area contributed by atoms with E-state index in [1.165, 1.54) is 14.2 Å². The Morgan fingerprint density at radius 1 is 1.12 bits per heavy atom. The molecule has 0 aliphatic heterocycles. The lowest BCUT2D eigenvalue weighted by Crippen LogP contribution is -2.10. The number of rotatable bonds is 2. The predicted molar refractivity (Wildman–Crippen MR) is 55.8 cm³/mol. The second kappa shape index (κ2) is 5.92. The number of pyridine rings is 1. The van der Waals surface area contributed by atoms with Crippen LogP contribution in [0.4, 0.5) is 0 Å². The maximum atomic E-state index is 11.1. The molecular formula is C9H10ClNO5. The first-order valence-corrected chi connectivity index (χ1v) is 3.96. The highest BCUT2D eigenvalue weighted by atomic mass is 35.5. The highest BCUT2D eigenvalue weighted by Crippen LogP contribution is 2.13. The molecule has 0 saturated heterocycles. The molecule has 0 radical (unpaired) electrons. The summed E-state index contributed by atoms with van der Waals surface area (Å²) in [5, 5.41) is 9.23. The Kier molecular flexibility index (Phi) is 5.24. The SMILES string of the molecule is COC(=O)c1cc(O)cc(C(=O)OC)n1.Cl. The van der Waals surface area contributed by atoms with Gasteiger partial charge in [0.05, 0.1) is 14.2 Å². The van der Waals surface area contributed by atoms with Crippen molar-refractivity contribution < 1.29 is 24.2 Å². The molecule has 0 fully saturated rings. The fourth-order valence-electron chi connectivity index (χ4n) is 0.934. The van der Waals surface area contributed by atoms with E-state index >= 15 is 0 Å². The van der Waals surface area contributed by atoms with Gasteiger partial charge in [-0.2, -0.15) is 0 Å². The number of aromatic nitrogens is 1. The molecule has 1 aromatic heterocycles. The molecule has 0 saturated carbocycles. The van der Waals surface area contributed by atoms with E-state index in [4.69, 9.17) is 0 Å². The van der Waals surface area contributed by atoms with Crippen LogP contribution in [0, 0.1) is 0 Å². The van der Waals surface area contributed by atoms with Gasteiger partial charge in [-0.15, -0.1) is 12.4 Å². The van der Waals surface area contributed by atoms with Gasteiger partial charge in [0.25, 0.3) is 0 Å². The van der Waals surface area contributed by atoms with Crippen molar-refractivity contribution in [2.75, 3.05) is 14.2 Å². The van der Waals surface area contributed by atoms with Gasteiger partial charge < -0.3 is 14.6 Å². The highest BCUT2D eigenvalue weighted by molar-refractivity contribution is 5.92. The van der Waals surface area contributed by atoms with E-state index in [9.17, 15) is 14.7 Å². The smallest absolute Gasteiger partial charge is 0.356 e. The Bertz CT molecular complexity index is 373. The summed E-state index contributed by atoms with van der Waals surface area (Å²) in [4.78, 5) is 25.8. The second-order valence-corrected chi connectivity index (χ2v) is 2.58. The number of hydrogen-bond acceptors (Lipinski definition) is 6. The van der Waals surface area contributed by atoms with Crippen LogP contribution in [-0.2, 0) is 9.47 Å². The number of aromatic hydroxyl groups is 1. The van der Waals surface area contributed by atoms with E-state index in [0.717, 1.165) is 12.1 Å². The van der Waals surface area contributed by atoms with Crippen molar-refractivity contribution in [3.8, 4) is 5.75 Å². The molecule has 0 aromatic carbocycles. The number of hydrogen-bond donors (Lipinski definition) is 1. The normalized spacial score (nSPS) is 8.88. The Morgan fingerprint density at radius 2 is 1.50 bits per heavy atom. The molecule has 6 nitrogen and oxygen atoms in total. The van der Waals surface area contributed by atoms with Crippen LogP contribution >= 0.6 is 12.4 Å². The summed E-state index contributed by atoms with van der Waals surface area (Å²) in [6.45, 7) is 0. The number of halogens is 1. The minimum atomic E-state index is -0.740. The van der Waals surface area contributed by atoms with Crippen molar-refractivity contribution in [2.45, 2.75) is 0 Å². The summed E-state index contributed by atoms with van der Waals surface area (Å²) in [5.74, 6) is -1.74. The van der Waals surface area contributed by atoms with Crippen LogP contribution in [0.25, 0.3) is 0 Å². The maximum Gasteiger partial charge on any atom is 0.356 e. The molecule has 0 unspecified atom stereocenters. The van der Waals surface area contributed by atoms with Gasteiger partial charge >= 0.3 is 11.9 Å². The molecular weight excluding hydrogens is 238 g/mol. The van der Waals surface area contributed by atoms with Crippen molar-refractivity contribution >= 4 is 24.3 Å². The Hall–Kier alpha value is -1.82. The highest BCUT2D eigenvalue weighted by Gasteiger charge is 2.14. The lowest BCUT2D eigenvalue weighted by molar-refractivity contribution is 0.0585. The van der Waals surface area contributed by atoms with E-state index in [1.807, 2.05) is 0 Å². The molecule has 7 heteroatoms. The number of esters is 2. The molecule has 0 amide bonds. The van der Waals surface area contributed by atoms with E-state index in [2.05, 4.69) is 14.5 Å². The third-order valence-corrected chi connectivity index (χ3v) is 1.60. The maximum absolute atomic E-state index is 11.1. The zero-order valence-corrected chi connectivity index (χ0v) is 9.41. The van der Waals surface area contributed by atoms with Crippen molar-refractivity contribution in [3.63, 3.8) is 0 Å². The number of nitrogens with zero attached hydrogens (tertiary/aromatic N) is 1. The van der Waals surface area contributed by atoms with Crippen molar-refractivity contribution in [3.05, 3.63) is 23.5 Å². The van der Waals surface area contributed by atoms with Gasteiger partial charge in [-0.05, 0) is 0 Å². The molecule has 16 heavy (non-hydrogen) atoms. The van der Waals surface area contributed by atoms with Crippen molar-refractivity contribution in [2.24, 2.45) is 0 Å². The van der Waals surface area contributed by atoms with Crippen LogP contribution in [0.1, 0.15) is 21.0 Å². The number of ether oxygens (including phenoxy) is 2. The first-order valence-electron chi connectivity index (χ1n) is 3.96. The Balaban J connectivity index is 0.00000225. The second-order valence-electron chi connectivity index (χ2n) is 2.58. The number of carbonyl (C=O) groups excluding carboxylic acids is 2. The van der Waals surface area contributed by atoms with E-state index in [0.29, 0.717) is 0 Å². The molecule has 1 N–H and O–H groups in total. The predicted octanol–water partition coefficient (Wildman–Crippen LogP) is 0.782. The van der Waals surface area contributed by atoms with Crippen LogP contribution in [0.5, 0.6) is 5.75 Å². The summed E-state index contributed by atoms with van der Waals surface area (Å²) < 4.78 is 8.79. The molecule has 0 aliphatic rings. The lowest BCUT2D eigenvalue weighted by Gasteiger charge is -2.02. The van der Waals surface area contributed by atoms with Gasteiger partial charge in [0.2, 0.25) is 0 Å². The van der Waals surface area contributed by atoms with E-state index in [1.54, 1.807) is 0 Å². The Morgan fingerprint density at radius 3 is 1.81 bits per heavy atom. The Labute approximate surface area is 97.6 Å². The van der Waals surface area contributed by atoms with Crippen LogP contribution in [0.3, 0.4) is 0 Å². The average Bonchev–Trinajstić information content (AvgIpc) is 2.26. The molecule has 1 heterocycles. The van der Waals surface area contributed by atoms with Crippen molar-refractivity contribution in [1.29, 1.82) is 0 Å². The first-order chi connectivity index (χ1) is 7.08. The summed E-state index contributed by atoms with van der Waals surface area (Å²) in [6.07, 6.45) is 0. The molecule has 1 aromatic rings. The standard InChI is InChI=1S/C9H9NO5.ClH/c1-14-8(12)6-3-5(11)4-7(10-6)9(13)15-2;/h3-4H,1-2H3,(H,10,11);1H. The van der Waals surface area contributed by atoms with Gasteiger partial charge in [0.15, 0.2) is 11.4 Å². The van der Waals surface area contributed by atoms with E-state index < -0.39 is 11.9 Å². The molecule has 0 aliphatic carbocycles. The molecule has 1 rings (SSSR count). The van der Waals surface area contributed by atoms with Crippen LogP contribution < -0.4 is 0 Å². The number of carbonyl (C=O) groups is 2. The fourth-order valence-corrected chi connectivity index (χ4v) is 0.934. The molecule has 0 bridgehead atoms. The molecule has 0 atom stereocenters. The summed E-state index contributed by atoms with van der Waals surface area (Å²) in [5.41, 5.74) is -0.309. The monoisotopic (exact) mass is 247 g/mol. The minimum absolute atomic E-state index is 0. The van der Waals surface area contributed by atoms with Crippen LogP contribution in [0.2, 0.25) is 0 Å². The summed E-state index contributed by atoms with van der Waals surface area (Å²) in [7, 11) is 2.34. The topological polar surface area (TPSA) is 85.7 Å². The average molecular weight is 248 g/mol. The largest absolute Gasteiger partial charge is 0.508 e. The van der Waals surface area contributed by atoms with Gasteiger partial charge in [-0.25, -0.2) is 14.6 Å². The van der Waals surface area contributed by atoms with Crippen LogP contribution in [-0.4, -0.2) is 36.2 Å². The van der Waals surface area contributed by atoms with Gasteiger partial charge in [-0.3, -0.25) is 0 Å². The minimum Gasteiger partial charge on any atom is -0.508 e. The van der Waals surface area contributed by atoms with Crippen molar-refractivity contribution in [1.82, 2.24) is 4.98 Å². The van der Waals surface area contributed by atoms with Gasteiger partial charge in [0.1, 0.15) is 5.75 Å². The van der Waals surface area contributed by atoms with Gasteiger partial charge in [-0.1, -0.05) is 0 Å². The summed E-state index contributed by atoms with van der Waals surface area (Å²) in [6, 6.07) is 2.19. The fraction of sp³-hybridized carbons (Fsp3) is 0.222. The molecule has 88 valence electrons. The molecule has 0 spiro atoms. The third kappa shape index (κ3) is 3.09. The third-order valence-electron chi connectivity index (χ3n) is 1.60.